The molecule has 88 valence electrons. The van der Waals surface area contributed by atoms with E-state index in [9.17, 15) is 4.79 Å². The van der Waals surface area contributed by atoms with Crippen LogP contribution in [0.1, 0.15) is 25.5 Å². The fourth-order valence-electron chi connectivity index (χ4n) is 1.53. The Hall–Kier alpha value is -1.29. The minimum Gasteiger partial charge on any atom is -0.468 e. The van der Waals surface area contributed by atoms with Crippen LogP contribution in [0.25, 0.3) is 0 Å². The van der Waals surface area contributed by atoms with Gasteiger partial charge >= 0.3 is 0 Å². The topological polar surface area (TPSA) is 45.5 Å². The van der Waals surface area contributed by atoms with Gasteiger partial charge in [0.15, 0.2) is 0 Å². The zero-order chi connectivity index (χ0) is 11.5. The van der Waals surface area contributed by atoms with Crippen LogP contribution in [0.2, 0.25) is 0 Å². The van der Waals surface area contributed by atoms with Crippen molar-refractivity contribution in [2.24, 2.45) is 0 Å². The summed E-state index contributed by atoms with van der Waals surface area (Å²) in [5, 5.41) is 3.00. The second kappa shape index (κ2) is 4.70. The third kappa shape index (κ3) is 2.85. The molecule has 1 saturated carbocycles. The van der Waals surface area contributed by atoms with E-state index >= 15 is 0 Å². The lowest BCUT2D eigenvalue weighted by Crippen LogP contribution is -2.43. The van der Waals surface area contributed by atoms with Crippen LogP contribution in [-0.4, -0.2) is 29.9 Å². The van der Waals surface area contributed by atoms with Gasteiger partial charge in [-0.15, -0.1) is 0 Å². The molecule has 0 radical (unpaired) electrons. The maximum absolute atomic E-state index is 11.8. The Bertz CT molecular complexity index is 344. The van der Waals surface area contributed by atoms with E-state index in [1.807, 2.05) is 31.0 Å². The second-order valence-electron chi connectivity index (χ2n) is 4.45. The number of hydrogen-bond donors (Lipinski definition) is 1. The first kappa shape index (κ1) is 11.2. The van der Waals surface area contributed by atoms with Gasteiger partial charge in [0, 0.05) is 6.04 Å². The van der Waals surface area contributed by atoms with E-state index in [0.29, 0.717) is 12.6 Å². The molecular weight excluding hydrogens is 204 g/mol. The second-order valence-corrected chi connectivity index (χ2v) is 4.45. The van der Waals surface area contributed by atoms with Gasteiger partial charge in [0.05, 0.1) is 18.8 Å². The first-order chi connectivity index (χ1) is 7.66. The summed E-state index contributed by atoms with van der Waals surface area (Å²) in [4.78, 5) is 13.8. The molecule has 1 aliphatic carbocycles. The molecule has 4 heteroatoms. The summed E-state index contributed by atoms with van der Waals surface area (Å²) >= 11 is 0. The van der Waals surface area contributed by atoms with Crippen molar-refractivity contribution in [1.29, 1.82) is 0 Å². The quantitative estimate of drug-likeness (QED) is 0.818. The Balaban J connectivity index is 1.82. The van der Waals surface area contributed by atoms with Crippen LogP contribution in [-0.2, 0) is 11.3 Å². The average Bonchev–Trinajstić information content (AvgIpc) is 2.92. The van der Waals surface area contributed by atoms with E-state index in [1.165, 1.54) is 0 Å². The monoisotopic (exact) mass is 222 g/mol. The van der Waals surface area contributed by atoms with Gasteiger partial charge in [-0.2, -0.15) is 0 Å². The highest BCUT2D eigenvalue weighted by Gasteiger charge is 2.27. The average molecular weight is 222 g/mol. The lowest BCUT2D eigenvalue weighted by molar-refractivity contribution is -0.125. The molecule has 0 spiro atoms. The number of nitrogens with one attached hydrogen (secondary N) is 1. The predicted molar refractivity (Wildman–Crippen MR) is 60.8 cm³/mol. The van der Waals surface area contributed by atoms with Crippen LogP contribution in [0.5, 0.6) is 0 Å². The Morgan fingerprint density at radius 1 is 1.69 bits per heavy atom. The molecule has 1 aromatic rings. The third-order valence-electron chi connectivity index (χ3n) is 2.95. The van der Waals surface area contributed by atoms with E-state index < -0.39 is 0 Å². The van der Waals surface area contributed by atoms with Crippen LogP contribution in [0.3, 0.4) is 0 Å². The van der Waals surface area contributed by atoms with Gasteiger partial charge in [-0.05, 0) is 38.9 Å². The highest BCUT2D eigenvalue weighted by Crippen LogP contribution is 2.19. The molecule has 0 bridgehead atoms. The summed E-state index contributed by atoms with van der Waals surface area (Å²) in [5.41, 5.74) is 0. The van der Waals surface area contributed by atoms with E-state index in [1.54, 1.807) is 6.26 Å². The van der Waals surface area contributed by atoms with Crippen molar-refractivity contribution < 1.29 is 9.21 Å². The van der Waals surface area contributed by atoms with Gasteiger partial charge in [-0.25, -0.2) is 0 Å². The summed E-state index contributed by atoms with van der Waals surface area (Å²) in [7, 11) is 1.93. The first-order valence-corrected chi connectivity index (χ1v) is 5.70. The van der Waals surface area contributed by atoms with Crippen molar-refractivity contribution in [3.8, 4) is 0 Å². The van der Waals surface area contributed by atoms with Crippen molar-refractivity contribution >= 4 is 5.91 Å². The zero-order valence-corrected chi connectivity index (χ0v) is 9.77. The smallest absolute Gasteiger partial charge is 0.237 e. The predicted octanol–water partition coefficient (Wildman–Crippen LogP) is 1.38. The molecule has 1 N–H and O–H groups in total. The highest BCUT2D eigenvalue weighted by molar-refractivity contribution is 5.81. The van der Waals surface area contributed by atoms with Gasteiger partial charge in [-0.1, -0.05) is 0 Å². The molecule has 0 unspecified atom stereocenters. The maximum Gasteiger partial charge on any atom is 0.237 e. The molecule has 0 saturated heterocycles. The number of carbonyl (C=O) groups excluding carboxylic acids is 1. The molecule has 1 atom stereocenters. The fourth-order valence-corrected chi connectivity index (χ4v) is 1.53. The first-order valence-electron chi connectivity index (χ1n) is 5.70. The lowest BCUT2D eigenvalue weighted by Gasteiger charge is -2.22. The summed E-state index contributed by atoms with van der Waals surface area (Å²) in [5.74, 6) is 0.991. The minimum atomic E-state index is -0.120. The minimum absolute atomic E-state index is 0.108. The third-order valence-corrected chi connectivity index (χ3v) is 2.95. The normalized spacial score (nSPS) is 17.4. The molecule has 0 aliphatic heterocycles. The van der Waals surface area contributed by atoms with Crippen LogP contribution >= 0.6 is 0 Å². The Morgan fingerprint density at radius 3 is 3.00 bits per heavy atom. The SMILES string of the molecule is C[C@H](C(=O)NC1CC1)N(C)Cc1ccco1. The summed E-state index contributed by atoms with van der Waals surface area (Å²) in [6.07, 6.45) is 3.90. The molecule has 1 aromatic heterocycles. The molecule has 0 aromatic carbocycles. The standard InChI is InChI=1S/C12H18N2O2/c1-9(12(15)13-10-5-6-10)14(2)8-11-4-3-7-16-11/h3-4,7,9-10H,5-6,8H2,1-2H3,(H,13,15)/t9-/m1/s1. The molecule has 1 amide bonds. The van der Waals surface area contributed by atoms with Crippen LogP contribution in [0.15, 0.2) is 22.8 Å². The largest absolute Gasteiger partial charge is 0.468 e. The Kier molecular flexibility index (Phi) is 3.29. The number of hydrogen-bond acceptors (Lipinski definition) is 3. The van der Waals surface area contributed by atoms with Gasteiger partial charge in [0.1, 0.15) is 5.76 Å². The molecule has 1 aliphatic rings. The molecule has 1 heterocycles. The van der Waals surface area contributed by atoms with Crippen LogP contribution in [0.4, 0.5) is 0 Å². The van der Waals surface area contributed by atoms with Gasteiger partial charge in [0.25, 0.3) is 0 Å². The zero-order valence-electron chi connectivity index (χ0n) is 9.77. The molecule has 4 nitrogen and oxygen atoms in total. The maximum atomic E-state index is 11.8. The molecule has 16 heavy (non-hydrogen) atoms. The van der Waals surface area contributed by atoms with Crippen molar-refractivity contribution in [1.82, 2.24) is 10.2 Å². The summed E-state index contributed by atoms with van der Waals surface area (Å²) < 4.78 is 5.25. The number of likely N-dealkylation sites (N-methyl/N-ethyl adjacent to an activating group) is 1. The molecule has 1 fully saturated rings. The number of carbonyl (C=O) groups is 1. The van der Waals surface area contributed by atoms with Crippen LogP contribution in [0, 0.1) is 0 Å². The van der Waals surface area contributed by atoms with Crippen molar-refractivity contribution in [2.75, 3.05) is 7.05 Å². The lowest BCUT2D eigenvalue weighted by atomic mass is 10.2. The van der Waals surface area contributed by atoms with Crippen molar-refractivity contribution in [3.63, 3.8) is 0 Å². The van der Waals surface area contributed by atoms with E-state index in [0.717, 1.165) is 18.6 Å². The van der Waals surface area contributed by atoms with Crippen molar-refractivity contribution in [3.05, 3.63) is 24.2 Å². The number of furan rings is 1. The van der Waals surface area contributed by atoms with E-state index in [-0.39, 0.29) is 11.9 Å². The van der Waals surface area contributed by atoms with Gasteiger partial charge in [-0.3, -0.25) is 9.69 Å². The van der Waals surface area contributed by atoms with E-state index in [4.69, 9.17) is 4.42 Å². The molecule has 2 rings (SSSR count). The highest BCUT2D eigenvalue weighted by atomic mass is 16.3. The van der Waals surface area contributed by atoms with Crippen LogP contribution < -0.4 is 5.32 Å². The van der Waals surface area contributed by atoms with Gasteiger partial charge in [0.2, 0.25) is 5.91 Å². The Morgan fingerprint density at radius 2 is 2.44 bits per heavy atom. The summed E-state index contributed by atoms with van der Waals surface area (Å²) in [6.45, 7) is 2.58. The Labute approximate surface area is 95.6 Å². The van der Waals surface area contributed by atoms with Crippen molar-refractivity contribution in [2.45, 2.75) is 38.4 Å². The number of amides is 1. The van der Waals surface area contributed by atoms with Gasteiger partial charge < -0.3 is 9.73 Å². The van der Waals surface area contributed by atoms with E-state index in [2.05, 4.69) is 5.32 Å². The number of nitrogens with zero attached hydrogens (tertiary/aromatic N) is 1. The molecular formula is C12H18N2O2. The summed E-state index contributed by atoms with van der Waals surface area (Å²) in [6, 6.07) is 4.08. The fraction of sp³-hybridized carbons (Fsp3) is 0.583. The number of rotatable bonds is 5.